The molecule has 1 saturated heterocycles. The van der Waals surface area contributed by atoms with Crippen LogP contribution in [0.4, 0.5) is 0 Å². The maximum absolute atomic E-state index is 5.88. The topological polar surface area (TPSA) is 57.2 Å². The number of aromatic nitrogens is 5. The van der Waals surface area contributed by atoms with Gasteiger partial charge in [0.05, 0.1) is 24.8 Å². The van der Waals surface area contributed by atoms with E-state index in [4.69, 9.17) is 4.74 Å². The molecule has 0 amide bonds. The third-order valence-corrected chi connectivity index (χ3v) is 4.89. The summed E-state index contributed by atoms with van der Waals surface area (Å²) in [5, 5.41) is 10.7. The highest BCUT2D eigenvalue weighted by Crippen LogP contribution is 2.37. The van der Waals surface area contributed by atoms with Crippen molar-refractivity contribution in [3.8, 4) is 0 Å². The number of hydrogen-bond donors (Lipinski definition) is 0. The SMILES string of the molecule is c1cn2cc(Cc3nnc4n3C[C@H]3CC[C@@H]4O3)nc2s1. The predicted octanol–water partition coefficient (Wildman–Crippen LogP) is 1.81. The lowest BCUT2D eigenvalue weighted by Crippen LogP contribution is -2.25. The minimum Gasteiger partial charge on any atom is -0.365 e. The molecule has 7 heteroatoms. The molecule has 2 aliphatic rings. The Morgan fingerprint density at radius 3 is 3.30 bits per heavy atom. The average molecular weight is 287 g/mol. The summed E-state index contributed by atoms with van der Waals surface area (Å²) >= 11 is 1.65. The van der Waals surface area contributed by atoms with Crippen molar-refractivity contribution in [1.82, 2.24) is 24.1 Å². The van der Waals surface area contributed by atoms with Gasteiger partial charge in [-0.1, -0.05) is 0 Å². The van der Waals surface area contributed by atoms with Gasteiger partial charge in [0, 0.05) is 17.8 Å². The van der Waals surface area contributed by atoms with E-state index in [2.05, 4.69) is 30.3 Å². The van der Waals surface area contributed by atoms with Crippen LogP contribution in [0.25, 0.3) is 4.96 Å². The first-order valence-corrected chi connectivity index (χ1v) is 7.73. The van der Waals surface area contributed by atoms with Crippen molar-refractivity contribution in [2.75, 3.05) is 0 Å². The maximum Gasteiger partial charge on any atom is 0.193 e. The Balaban J connectivity index is 1.51. The van der Waals surface area contributed by atoms with E-state index in [1.54, 1.807) is 11.3 Å². The summed E-state index contributed by atoms with van der Waals surface area (Å²) in [6.45, 7) is 0.885. The summed E-state index contributed by atoms with van der Waals surface area (Å²) in [4.78, 5) is 5.65. The highest BCUT2D eigenvalue weighted by atomic mass is 32.1. The standard InChI is InChI=1S/C13H13N5OS/c1-2-10-12-16-15-11(18(12)7-9(1)19-10)5-8-6-17-3-4-20-13(17)14-8/h3-4,6,9-10H,1-2,5,7H2/t9-,10+/m1/s1. The molecule has 5 heterocycles. The van der Waals surface area contributed by atoms with E-state index in [1.165, 1.54) is 0 Å². The monoisotopic (exact) mass is 287 g/mol. The molecule has 1 fully saturated rings. The molecule has 2 atom stereocenters. The molecule has 3 aromatic rings. The molecule has 2 aliphatic heterocycles. The fourth-order valence-corrected chi connectivity index (χ4v) is 3.89. The van der Waals surface area contributed by atoms with E-state index >= 15 is 0 Å². The van der Waals surface area contributed by atoms with Gasteiger partial charge in [0.1, 0.15) is 11.9 Å². The van der Waals surface area contributed by atoms with Crippen molar-refractivity contribution in [1.29, 1.82) is 0 Å². The van der Waals surface area contributed by atoms with Crippen molar-refractivity contribution in [3.63, 3.8) is 0 Å². The van der Waals surface area contributed by atoms with Crippen LogP contribution in [0.1, 0.15) is 36.3 Å². The molecular formula is C13H13N5OS. The molecule has 0 radical (unpaired) electrons. The van der Waals surface area contributed by atoms with Gasteiger partial charge in [-0.05, 0) is 12.8 Å². The molecule has 0 N–H and O–H groups in total. The van der Waals surface area contributed by atoms with Crippen LogP contribution in [0.2, 0.25) is 0 Å². The van der Waals surface area contributed by atoms with E-state index in [0.717, 1.165) is 48.1 Å². The van der Waals surface area contributed by atoms with E-state index < -0.39 is 0 Å². The maximum atomic E-state index is 5.88. The molecule has 0 aromatic carbocycles. The summed E-state index contributed by atoms with van der Waals surface area (Å²) in [6.07, 6.45) is 7.54. The second kappa shape index (κ2) is 3.89. The second-order valence-electron chi connectivity index (χ2n) is 5.41. The lowest BCUT2D eigenvalue weighted by Gasteiger charge is -2.22. The van der Waals surface area contributed by atoms with Gasteiger partial charge in [-0.15, -0.1) is 21.5 Å². The number of nitrogens with zero attached hydrogens (tertiary/aromatic N) is 5. The summed E-state index contributed by atoms with van der Waals surface area (Å²) in [7, 11) is 0. The number of rotatable bonds is 2. The van der Waals surface area contributed by atoms with Crippen molar-refractivity contribution < 1.29 is 4.74 Å². The van der Waals surface area contributed by atoms with Gasteiger partial charge in [0.25, 0.3) is 0 Å². The van der Waals surface area contributed by atoms with Crippen LogP contribution < -0.4 is 0 Å². The molecule has 0 aliphatic carbocycles. The van der Waals surface area contributed by atoms with Gasteiger partial charge >= 0.3 is 0 Å². The van der Waals surface area contributed by atoms with Crippen LogP contribution in [-0.4, -0.2) is 30.3 Å². The third kappa shape index (κ3) is 1.50. The number of fused-ring (bicyclic) bond motifs is 5. The predicted molar refractivity (Wildman–Crippen MR) is 72.7 cm³/mol. The quantitative estimate of drug-likeness (QED) is 0.721. The average Bonchev–Trinajstić information content (AvgIpc) is 3.15. The number of hydrogen-bond acceptors (Lipinski definition) is 5. The van der Waals surface area contributed by atoms with Gasteiger partial charge in [0.15, 0.2) is 10.8 Å². The van der Waals surface area contributed by atoms with Crippen molar-refractivity contribution >= 4 is 16.3 Å². The summed E-state index contributed by atoms with van der Waals surface area (Å²) in [5.41, 5.74) is 1.05. The fourth-order valence-electron chi connectivity index (χ4n) is 3.17. The Morgan fingerprint density at radius 1 is 1.35 bits per heavy atom. The fraction of sp³-hybridized carbons (Fsp3) is 0.462. The van der Waals surface area contributed by atoms with E-state index in [9.17, 15) is 0 Å². The number of ether oxygens (including phenoxy) is 1. The van der Waals surface area contributed by atoms with E-state index in [1.807, 2.05) is 11.6 Å². The molecule has 0 unspecified atom stereocenters. The Bertz CT molecular complexity index is 759. The first-order valence-electron chi connectivity index (χ1n) is 6.85. The zero-order valence-corrected chi connectivity index (χ0v) is 11.6. The Kier molecular flexibility index (Phi) is 2.14. The molecule has 2 bridgehead atoms. The van der Waals surface area contributed by atoms with Crippen LogP contribution in [0.15, 0.2) is 17.8 Å². The van der Waals surface area contributed by atoms with Crippen LogP contribution in [0.3, 0.4) is 0 Å². The molecular weight excluding hydrogens is 274 g/mol. The van der Waals surface area contributed by atoms with Crippen LogP contribution >= 0.6 is 11.3 Å². The van der Waals surface area contributed by atoms with Crippen LogP contribution in [-0.2, 0) is 17.7 Å². The largest absolute Gasteiger partial charge is 0.365 e. The molecule has 20 heavy (non-hydrogen) atoms. The van der Waals surface area contributed by atoms with Gasteiger partial charge in [-0.3, -0.25) is 4.40 Å². The summed E-state index contributed by atoms with van der Waals surface area (Å²) in [5.74, 6) is 2.00. The highest BCUT2D eigenvalue weighted by Gasteiger charge is 2.36. The van der Waals surface area contributed by atoms with Crippen LogP contribution in [0, 0.1) is 0 Å². The second-order valence-corrected chi connectivity index (χ2v) is 6.28. The van der Waals surface area contributed by atoms with Gasteiger partial charge < -0.3 is 9.30 Å². The Hall–Kier alpha value is -1.73. The first kappa shape index (κ1) is 11.0. The van der Waals surface area contributed by atoms with Gasteiger partial charge in [-0.25, -0.2) is 4.98 Å². The highest BCUT2D eigenvalue weighted by molar-refractivity contribution is 7.15. The zero-order chi connectivity index (χ0) is 13.1. The molecule has 5 rings (SSSR count). The Morgan fingerprint density at radius 2 is 2.35 bits per heavy atom. The molecule has 3 aromatic heterocycles. The minimum atomic E-state index is 0.153. The van der Waals surface area contributed by atoms with E-state index in [-0.39, 0.29) is 6.10 Å². The minimum absolute atomic E-state index is 0.153. The normalized spacial score (nSPS) is 24.4. The third-order valence-electron chi connectivity index (χ3n) is 4.12. The zero-order valence-electron chi connectivity index (χ0n) is 10.8. The molecule has 6 nitrogen and oxygen atoms in total. The lowest BCUT2D eigenvalue weighted by atomic mass is 10.2. The Labute approximate surface area is 119 Å². The van der Waals surface area contributed by atoms with Crippen molar-refractivity contribution in [3.05, 3.63) is 35.1 Å². The molecule has 0 saturated carbocycles. The number of imidazole rings is 1. The van der Waals surface area contributed by atoms with Crippen molar-refractivity contribution in [2.24, 2.45) is 0 Å². The van der Waals surface area contributed by atoms with Crippen LogP contribution in [0.5, 0.6) is 0 Å². The van der Waals surface area contributed by atoms with Crippen molar-refractivity contribution in [2.45, 2.75) is 38.0 Å². The lowest BCUT2D eigenvalue weighted by molar-refractivity contribution is 0.00521. The smallest absolute Gasteiger partial charge is 0.193 e. The molecule has 0 spiro atoms. The summed E-state index contributed by atoms with van der Waals surface area (Å²) < 4.78 is 10.2. The number of thiazole rings is 1. The summed E-state index contributed by atoms with van der Waals surface area (Å²) in [6, 6.07) is 0. The molecule has 102 valence electrons. The van der Waals surface area contributed by atoms with Gasteiger partial charge in [-0.2, -0.15) is 0 Å². The van der Waals surface area contributed by atoms with E-state index in [0.29, 0.717) is 6.10 Å². The first-order chi connectivity index (χ1) is 9.87. The van der Waals surface area contributed by atoms with Gasteiger partial charge in [0.2, 0.25) is 0 Å².